The van der Waals surface area contributed by atoms with E-state index >= 15 is 0 Å². The molecule has 132 valence electrons. The number of nitrogens with one attached hydrogen (secondary N) is 2. The standard InChI is InChI=1S/C19H20N6O/c26-19(14-5-1-2-6-14)25-15-7-3-4-13(10-15)11-22-18-16-17(23-12-24-18)21-9-8-20-16/h3-4,7-10,12,14H,1-2,5-6,11H2,(H,25,26)(H,21,22,23,24). The Labute approximate surface area is 151 Å². The van der Waals surface area contributed by atoms with Crippen molar-refractivity contribution in [2.24, 2.45) is 5.92 Å². The van der Waals surface area contributed by atoms with Gasteiger partial charge in [-0.15, -0.1) is 0 Å². The van der Waals surface area contributed by atoms with Crippen molar-refractivity contribution >= 4 is 28.6 Å². The summed E-state index contributed by atoms with van der Waals surface area (Å²) in [5.41, 5.74) is 3.07. The van der Waals surface area contributed by atoms with Crippen molar-refractivity contribution in [1.29, 1.82) is 0 Å². The van der Waals surface area contributed by atoms with Crippen molar-refractivity contribution < 1.29 is 4.79 Å². The summed E-state index contributed by atoms with van der Waals surface area (Å²) >= 11 is 0. The van der Waals surface area contributed by atoms with Gasteiger partial charge in [-0.05, 0) is 30.5 Å². The second-order valence-corrected chi connectivity index (χ2v) is 6.48. The van der Waals surface area contributed by atoms with E-state index in [1.165, 1.54) is 6.33 Å². The minimum atomic E-state index is 0.129. The number of fused-ring (bicyclic) bond motifs is 1. The third-order valence-corrected chi connectivity index (χ3v) is 4.65. The van der Waals surface area contributed by atoms with Gasteiger partial charge in [0.1, 0.15) is 11.8 Å². The van der Waals surface area contributed by atoms with Gasteiger partial charge in [0.25, 0.3) is 0 Å². The van der Waals surface area contributed by atoms with Crippen LogP contribution in [0.3, 0.4) is 0 Å². The molecule has 0 aliphatic heterocycles. The molecule has 3 aromatic rings. The topological polar surface area (TPSA) is 92.7 Å². The summed E-state index contributed by atoms with van der Waals surface area (Å²) in [7, 11) is 0. The van der Waals surface area contributed by atoms with E-state index in [0.717, 1.165) is 36.9 Å². The van der Waals surface area contributed by atoms with Crippen LogP contribution >= 0.6 is 0 Å². The zero-order valence-electron chi connectivity index (χ0n) is 14.4. The summed E-state index contributed by atoms with van der Waals surface area (Å²) in [6.07, 6.45) is 8.99. The maximum Gasteiger partial charge on any atom is 0.227 e. The second-order valence-electron chi connectivity index (χ2n) is 6.48. The van der Waals surface area contributed by atoms with Gasteiger partial charge in [-0.25, -0.2) is 19.9 Å². The molecule has 26 heavy (non-hydrogen) atoms. The molecule has 0 saturated heterocycles. The molecule has 1 aromatic carbocycles. The highest BCUT2D eigenvalue weighted by atomic mass is 16.1. The van der Waals surface area contributed by atoms with E-state index in [0.29, 0.717) is 23.5 Å². The van der Waals surface area contributed by atoms with Crippen molar-refractivity contribution in [3.63, 3.8) is 0 Å². The fraction of sp³-hybridized carbons (Fsp3) is 0.316. The quantitative estimate of drug-likeness (QED) is 0.736. The van der Waals surface area contributed by atoms with Crippen molar-refractivity contribution in [3.05, 3.63) is 48.5 Å². The first kappa shape index (κ1) is 16.4. The van der Waals surface area contributed by atoms with Crippen LogP contribution in [0.15, 0.2) is 43.0 Å². The molecule has 1 amide bonds. The van der Waals surface area contributed by atoms with Crippen LogP contribution in [0.5, 0.6) is 0 Å². The average molecular weight is 348 g/mol. The SMILES string of the molecule is O=C(Nc1cccc(CNc2ncnc3nccnc23)c1)C1CCCC1. The van der Waals surface area contributed by atoms with Crippen LogP contribution < -0.4 is 10.6 Å². The second kappa shape index (κ2) is 7.43. The summed E-state index contributed by atoms with van der Waals surface area (Å²) < 4.78 is 0. The first-order chi connectivity index (χ1) is 12.8. The lowest BCUT2D eigenvalue weighted by molar-refractivity contribution is -0.119. The number of benzene rings is 1. The van der Waals surface area contributed by atoms with Crippen molar-refractivity contribution in [1.82, 2.24) is 19.9 Å². The Kier molecular flexibility index (Phi) is 4.68. The van der Waals surface area contributed by atoms with Crippen molar-refractivity contribution in [3.8, 4) is 0 Å². The Hall–Kier alpha value is -3.09. The summed E-state index contributed by atoms with van der Waals surface area (Å²) in [6.45, 7) is 0.565. The van der Waals surface area contributed by atoms with Gasteiger partial charge < -0.3 is 10.6 Å². The Morgan fingerprint density at radius 2 is 1.92 bits per heavy atom. The molecule has 1 saturated carbocycles. The largest absolute Gasteiger partial charge is 0.364 e. The summed E-state index contributed by atoms with van der Waals surface area (Å²) in [6, 6.07) is 7.85. The lowest BCUT2D eigenvalue weighted by Gasteiger charge is -2.12. The summed E-state index contributed by atoms with van der Waals surface area (Å²) in [5.74, 6) is 0.927. The van der Waals surface area contributed by atoms with Crippen LogP contribution in [0, 0.1) is 5.92 Å². The van der Waals surface area contributed by atoms with Crippen LogP contribution in [-0.2, 0) is 11.3 Å². The van der Waals surface area contributed by atoms with Crippen molar-refractivity contribution in [2.45, 2.75) is 32.2 Å². The van der Waals surface area contributed by atoms with Gasteiger partial charge in [-0.2, -0.15) is 0 Å². The Morgan fingerprint density at radius 1 is 1.08 bits per heavy atom. The average Bonchev–Trinajstić information content (AvgIpc) is 3.22. The predicted molar refractivity (Wildman–Crippen MR) is 99.5 cm³/mol. The van der Waals surface area contributed by atoms with Crippen LogP contribution in [0.1, 0.15) is 31.2 Å². The molecule has 2 N–H and O–H groups in total. The molecule has 7 nitrogen and oxygen atoms in total. The molecule has 0 radical (unpaired) electrons. The molecular formula is C19H20N6O. The number of carbonyl (C=O) groups is 1. The van der Waals surface area contributed by atoms with E-state index in [1.54, 1.807) is 12.4 Å². The lowest BCUT2D eigenvalue weighted by Crippen LogP contribution is -2.20. The summed E-state index contributed by atoms with van der Waals surface area (Å²) in [5, 5.41) is 6.31. The fourth-order valence-corrected chi connectivity index (χ4v) is 3.30. The molecule has 0 bridgehead atoms. The summed E-state index contributed by atoms with van der Waals surface area (Å²) in [4.78, 5) is 29.1. The molecule has 4 rings (SSSR count). The maximum absolute atomic E-state index is 12.3. The molecule has 0 spiro atoms. The normalized spacial score (nSPS) is 14.5. The third-order valence-electron chi connectivity index (χ3n) is 4.65. The van der Waals surface area contributed by atoms with Crippen LogP contribution in [0.2, 0.25) is 0 Å². The van der Waals surface area contributed by atoms with Gasteiger partial charge in [-0.3, -0.25) is 4.79 Å². The van der Waals surface area contributed by atoms with E-state index in [1.807, 2.05) is 24.3 Å². The zero-order valence-corrected chi connectivity index (χ0v) is 14.4. The van der Waals surface area contributed by atoms with Gasteiger partial charge in [0.15, 0.2) is 11.5 Å². The number of nitrogens with zero attached hydrogens (tertiary/aromatic N) is 4. The Balaban J connectivity index is 1.44. The lowest BCUT2D eigenvalue weighted by atomic mass is 10.1. The highest BCUT2D eigenvalue weighted by Gasteiger charge is 2.22. The van der Waals surface area contributed by atoms with E-state index in [4.69, 9.17) is 0 Å². The monoisotopic (exact) mass is 348 g/mol. The molecule has 0 unspecified atom stereocenters. The molecule has 0 atom stereocenters. The van der Waals surface area contributed by atoms with E-state index in [2.05, 4.69) is 30.6 Å². The number of anilines is 2. The fourth-order valence-electron chi connectivity index (χ4n) is 3.30. The highest BCUT2D eigenvalue weighted by Crippen LogP contribution is 2.26. The van der Waals surface area contributed by atoms with Crippen LogP contribution in [-0.4, -0.2) is 25.8 Å². The predicted octanol–water partition coefficient (Wildman–Crippen LogP) is 3.16. The number of hydrogen-bond acceptors (Lipinski definition) is 6. The van der Waals surface area contributed by atoms with E-state index in [9.17, 15) is 4.79 Å². The minimum Gasteiger partial charge on any atom is -0.364 e. The smallest absolute Gasteiger partial charge is 0.227 e. The number of aromatic nitrogens is 4. The molecule has 1 fully saturated rings. The first-order valence-electron chi connectivity index (χ1n) is 8.85. The maximum atomic E-state index is 12.3. The Bertz CT molecular complexity index is 917. The minimum absolute atomic E-state index is 0.129. The van der Waals surface area contributed by atoms with Gasteiger partial charge in [0, 0.05) is 30.5 Å². The van der Waals surface area contributed by atoms with Gasteiger partial charge in [0.05, 0.1) is 0 Å². The van der Waals surface area contributed by atoms with Gasteiger partial charge in [-0.1, -0.05) is 25.0 Å². The molecule has 2 heterocycles. The van der Waals surface area contributed by atoms with Crippen molar-refractivity contribution in [2.75, 3.05) is 10.6 Å². The molecule has 2 aromatic heterocycles. The Morgan fingerprint density at radius 3 is 2.81 bits per heavy atom. The van der Waals surface area contributed by atoms with E-state index in [-0.39, 0.29) is 11.8 Å². The van der Waals surface area contributed by atoms with Crippen LogP contribution in [0.4, 0.5) is 11.5 Å². The number of rotatable bonds is 5. The zero-order chi connectivity index (χ0) is 17.8. The van der Waals surface area contributed by atoms with Gasteiger partial charge in [0.2, 0.25) is 5.91 Å². The number of carbonyl (C=O) groups excluding carboxylic acids is 1. The molecule has 1 aliphatic carbocycles. The van der Waals surface area contributed by atoms with Gasteiger partial charge >= 0.3 is 0 Å². The van der Waals surface area contributed by atoms with Crippen LogP contribution in [0.25, 0.3) is 11.2 Å². The molecular weight excluding hydrogens is 328 g/mol. The molecule has 1 aliphatic rings. The molecule has 7 heteroatoms. The highest BCUT2D eigenvalue weighted by molar-refractivity contribution is 5.92. The number of amides is 1. The first-order valence-corrected chi connectivity index (χ1v) is 8.85. The number of hydrogen-bond donors (Lipinski definition) is 2. The van der Waals surface area contributed by atoms with E-state index < -0.39 is 0 Å². The third kappa shape index (κ3) is 3.61.